The monoisotopic (exact) mass is 312 g/mol. The van der Waals surface area contributed by atoms with Crippen molar-refractivity contribution in [1.29, 1.82) is 0 Å². The first-order valence-corrected chi connectivity index (χ1v) is 5.46. The predicted molar refractivity (Wildman–Crippen MR) is 55.0 cm³/mol. The van der Waals surface area contributed by atoms with Crippen molar-refractivity contribution in [3.05, 3.63) is 22.2 Å². The molecular weight excluding hydrogens is 310 g/mol. The Morgan fingerprint density at radius 1 is 1.18 bits per heavy atom. The summed E-state index contributed by atoms with van der Waals surface area (Å²) in [6.45, 7) is -3.18. The van der Waals surface area contributed by atoms with Gasteiger partial charge in [-0.2, -0.15) is 22.0 Å². The van der Waals surface area contributed by atoms with Crippen LogP contribution in [-0.2, 0) is 0 Å². The van der Waals surface area contributed by atoms with E-state index in [4.69, 9.17) is 23.2 Å². The lowest BCUT2D eigenvalue weighted by molar-refractivity contribution is -0.0499. The second-order valence-electron chi connectivity index (χ2n) is 2.61. The van der Waals surface area contributed by atoms with E-state index >= 15 is 0 Å². The van der Waals surface area contributed by atoms with Gasteiger partial charge in [0.25, 0.3) is 0 Å². The molecule has 0 aliphatic carbocycles. The maximum atomic E-state index is 12.2. The molecule has 0 spiro atoms. The molecule has 1 aromatic carbocycles. The van der Waals surface area contributed by atoms with Crippen LogP contribution in [0.25, 0.3) is 0 Å². The van der Waals surface area contributed by atoms with Crippen molar-refractivity contribution < 1.29 is 26.7 Å². The normalized spacial score (nSPS) is 12.0. The molecule has 0 unspecified atom stereocenters. The van der Waals surface area contributed by atoms with Crippen molar-refractivity contribution in [3.63, 3.8) is 0 Å². The first-order chi connectivity index (χ1) is 7.70. The van der Waals surface area contributed by atoms with E-state index in [1.165, 1.54) is 0 Å². The molecule has 0 saturated heterocycles. The summed E-state index contributed by atoms with van der Waals surface area (Å²) in [7, 11) is 0. The summed E-state index contributed by atoms with van der Waals surface area (Å²) >= 11 is 10.4. The van der Waals surface area contributed by atoms with Crippen LogP contribution in [0, 0.1) is 0 Å². The second kappa shape index (κ2) is 5.49. The minimum Gasteiger partial charge on any atom is -0.433 e. The van der Waals surface area contributed by atoms with E-state index < -0.39 is 39.5 Å². The Balaban J connectivity index is 3.11. The van der Waals surface area contributed by atoms with Gasteiger partial charge in [-0.3, -0.25) is 0 Å². The van der Waals surface area contributed by atoms with Crippen molar-refractivity contribution in [2.24, 2.45) is 0 Å². The van der Waals surface area contributed by atoms with E-state index in [0.717, 1.165) is 12.1 Å². The van der Waals surface area contributed by atoms with E-state index in [2.05, 4.69) is 4.74 Å². The molecule has 1 rings (SSSR count). The van der Waals surface area contributed by atoms with Crippen LogP contribution >= 0.6 is 35.0 Å². The van der Waals surface area contributed by atoms with Crippen molar-refractivity contribution >= 4 is 35.0 Å². The Bertz CT molecular complexity index is 410. The molecule has 0 N–H and O–H groups in total. The molecule has 1 nitrogen and oxygen atoms in total. The third-order valence-electron chi connectivity index (χ3n) is 1.45. The van der Waals surface area contributed by atoms with Crippen molar-refractivity contribution in [2.45, 2.75) is 17.0 Å². The van der Waals surface area contributed by atoms with Gasteiger partial charge in [-0.1, -0.05) is 23.2 Å². The largest absolute Gasteiger partial charge is 0.446 e. The summed E-state index contributed by atoms with van der Waals surface area (Å²) in [4.78, 5) is -0.570. The van der Waals surface area contributed by atoms with Crippen LogP contribution in [0.5, 0.6) is 5.75 Å². The number of halogens is 7. The van der Waals surface area contributed by atoms with Gasteiger partial charge in [-0.15, -0.1) is 0 Å². The highest BCUT2D eigenvalue weighted by molar-refractivity contribution is 8.00. The zero-order valence-corrected chi connectivity index (χ0v) is 10.0. The van der Waals surface area contributed by atoms with E-state index in [-0.39, 0.29) is 5.02 Å². The fourth-order valence-electron chi connectivity index (χ4n) is 0.911. The predicted octanol–water partition coefficient (Wildman–Crippen LogP) is 5.21. The Morgan fingerprint density at radius 2 is 1.76 bits per heavy atom. The zero-order valence-electron chi connectivity index (χ0n) is 7.69. The van der Waals surface area contributed by atoms with Crippen LogP contribution in [0.4, 0.5) is 22.0 Å². The van der Waals surface area contributed by atoms with E-state index in [9.17, 15) is 22.0 Å². The van der Waals surface area contributed by atoms with Gasteiger partial charge in [0.1, 0.15) is 5.75 Å². The number of alkyl halides is 5. The molecule has 0 bridgehead atoms. The molecular formula is C8H3Cl2F5OS. The van der Waals surface area contributed by atoms with Crippen molar-refractivity contribution in [2.75, 3.05) is 0 Å². The molecule has 0 amide bonds. The van der Waals surface area contributed by atoms with Gasteiger partial charge >= 0.3 is 12.1 Å². The van der Waals surface area contributed by atoms with E-state index in [0.29, 0.717) is 0 Å². The van der Waals surface area contributed by atoms with E-state index in [1.54, 1.807) is 0 Å². The third kappa shape index (κ3) is 4.40. The maximum absolute atomic E-state index is 12.2. The quantitative estimate of drug-likeness (QED) is 0.560. The van der Waals surface area contributed by atoms with Crippen molar-refractivity contribution in [3.8, 4) is 5.75 Å². The number of hydrogen-bond acceptors (Lipinski definition) is 2. The van der Waals surface area contributed by atoms with Gasteiger partial charge in [0.2, 0.25) is 0 Å². The summed E-state index contributed by atoms with van der Waals surface area (Å²) in [5.41, 5.74) is -4.63. The molecule has 0 saturated carbocycles. The van der Waals surface area contributed by atoms with Crippen LogP contribution in [0.1, 0.15) is 0 Å². The van der Waals surface area contributed by atoms with Crippen LogP contribution in [0.2, 0.25) is 10.0 Å². The molecule has 0 atom stereocenters. The van der Waals surface area contributed by atoms with Crippen LogP contribution < -0.4 is 4.74 Å². The Labute approximate surface area is 107 Å². The lowest BCUT2D eigenvalue weighted by Crippen LogP contribution is -2.04. The SMILES string of the molecule is FC(F)Oc1ccc(Cl)c(SC(F)(F)F)c1Cl. The van der Waals surface area contributed by atoms with Gasteiger partial charge in [0.05, 0.1) is 14.9 Å². The Hall–Kier alpha value is -0.400. The van der Waals surface area contributed by atoms with Gasteiger partial charge in [0, 0.05) is 0 Å². The number of ether oxygens (including phenoxy) is 1. The Kier molecular flexibility index (Phi) is 4.74. The average molecular weight is 313 g/mol. The summed E-state index contributed by atoms with van der Waals surface area (Å²) in [5.74, 6) is -0.558. The van der Waals surface area contributed by atoms with Crippen LogP contribution in [-0.4, -0.2) is 12.1 Å². The summed E-state index contributed by atoms with van der Waals surface area (Å²) in [6.07, 6.45) is 0. The maximum Gasteiger partial charge on any atom is 0.446 e. The number of hydrogen-bond donors (Lipinski definition) is 0. The minimum absolute atomic E-state index is 0.293. The van der Waals surface area contributed by atoms with Gasteiger partial charge < -0.3 is 4.74 Å². The zero-order chi connectivity index (χ0) is 13.2. The minimum atomic E-state index is -4.63. The van der Waals surface area contributed by atoms with Gasteiger partial charge in [0.15, 0.2) is 0 Å². The topological polar surface area (TPSA) is 9.23 Å². The van der Waals surface area contributed by atoms with Gasteiger partial charge in [-0.25, -0.2) is 0 Å². The highest BCUT2D eigenvalue weighted by Crippen LogP contribution is 2.47. The molecule has 0 radical (unpaired) electrons. The van der Waals surface area contributed by atoms with E-state index in [1.807, 2.05) is 0 Å². The Morgan fingerprint density at radius 3 is 2.24 bits per heavy atom. The third-order valence-corrected chi connectivity index (χ3v) is 3.22. The lowest BCUT2D eigenvalue weighted by atomic mass is 10.3. The molecule has 17 heavy (non-hydrogen) atoms. The summed E-state index contributed by atoms with van der Waals surface area (Å²) in [6, 6.07) is 1.97. The summed E-state index contributed by atoms with van der Waals surface area (Å²) < 4.78 is 64.3. The standard InChI is InChI=1S/C8H3Cl2F5OS/c9-3-1-2-4(16-7(11)12)5(10)6(3)17-8(13,14)15/h1-2,7H. The fourth-order valence-corrected chi connectivity index (χ4v) is 2.14. The molecule has 1 aromatic rings. The molecule has 0 fully saturated rings. The number of rotatable bonds is 3. The molecule has 0 aliphatic rings. The summed E-state index contributed by atoms with van der Waals surface area (Å²) in [5, 5.41) is -0.890. The number of thioether (sulfide) groups is 1. The smallest absolute Gasteiger partial charge is 0.433 e. The highest BCUT2D eigenvalue weighted by Gasteiger charge is 2.32. The average Bonchev–Trinajstić information content (AvgIpc) is 2.15. The molecule has 0 aliphatic heterocycles. The first-order valence-electron chi connectivity index (χ1n) is 3.89. The molecule has 0 aromatic heterocycles. The first kappa shape index (κ1) is 14.7. The van der Waals surface area contributed by atoms with Crippen molar-refractivity contribution in [1.82, 2.24) is 0 Å². The van der Waals surface area contributed by atoms with Crippen LogP contribution in [0.15, 0.2) is 17.0 Å². The number of benzene rings is 1. The highest BCUT2D eigenvalue weighted by atomic mass is 35.5. The lowest BCUT2D eigenvalue weighted by Gasteiger charge is -2.12. The molecule has 0 heterocycles. The second-order valence-corrected chi connectivity index (χ2v) is 4.48. The fraction of sp³-hybridized carbons (Fsp3) is 0.250. The molecule has 9 heteroatoms. The van der Waals surface area contributed by atoms with Gasteiger partial charge in [-0.05, 0) is 23.9 Å². The van der Waals surface area contributed by atoms with Crippen LogP contribution in [0.3, 0.4) is 0 Å². The molecule has 96 valence electrons.